The molecule has 0 aromatic heterocycles. The lowest BCUT2D eigenvalue weighted by molar-refractivity contribution is 0.206. The third-order valence-corrected chi connectivity index (χ3v) is 7.51. The van der Waals surface area contributed by atoms with Crippen molar-refractivity contribution in [1.29, 1.82) is 0 Å². The van der Waals surface area contributed by atoms with E-state index in [2.05, 4.69) is 0 Å². The lowest BCUT2D eigenvalue weighted by atomic mass is 10.3. The van der Waals surface area contributed by atoms with Crippen LogP contribution in [0.15, 0.2) is 0 Å². The quantitative estimate of drug-likeness (QED) is 0.756. The molecule has 0 saturated heterocycles. The van der Waals surface area contributed by atoms with E-state index in [-0.39, 0.29) is 5.41 Å². The van der Waals surface area contributed by atoms with Gasteiger partial charge in [-0.2, -0.15) is 0 Å². The van der Waals surface area contributed by atoms with E-state index < -0.39 is 12.9 Å². The van der Waals surface area contributed by atoms with Crippen LogP contribution in [-0.2, 0) is 13.6 Å². The van der Waals surface area contributed by atoms with Crippen molar-refractivity contribution in [2.45, 2.75) is 44.8 Å². The van der Waals surface area contributed by atoms with E-state index in [0.29, 0.717) is 18.6 Å². The van der Waals surface area contributed by atoms with Gasteiger partial charge in [-0.15, -0.1) is 0 Å². The van der Waals surface area contributed by atoms with Crippen molar-refractivity contribution in [3.8, 4) is 0 Å². The largest absolute Gasteiger partial charge is 0.350 e. The SMILES string of the molecule is CCOP(=O)(OCC)C1(N)CC12CC21CC1. The summed E-state index contributed by atoms with van der Waals surface area (Å²) in [6, 6.07) is 0. The molecule has 2 spiro atoms. The van der Waals surface area contributed by atoms with Gasteiger partial charge in [0.15, 0.2) is 0 Å². The summed E-state index contributed by atoms with van der Waals surface area (Å²) >= 11 is 0. The summed E-state index contributed by atoms with van der Waals surface area (Å²) in [6.07, 6.45) is 4.48. The fraction of sp³-hybridized carbons (Fsp3) is 1.00. The Kier molecular flexibility index (Phi) is 2.05. The summed E-state index contributed by atoms with van der Waals surface area (Å²) < 4.78 is 23.5. The fourth-order valence-corrected chi connectivity index (χ4v) is 6.10. The molecule has 4 nitrogen and oxygen atoms in total. The predicted molar refractivity (Wildman–Crippen MR) is 61.1 cm³/mol. The number of rotatable bonds is 5. The smallest absolute Gasteiger partial charge is 0.315 e. The third kappa shape index (κ3) is 1.05. The summed E-state index contributed by atoms with van der Waals surface area (Å²) in [5, 5.41) is -0.678. The van der Waals surface area contributed by atoms with E-state index in [1.807, 2.05) is 13.8 Å². The van der Waals surface area contributed by atoms with Crippen LogP contribution in [0.1, 0.15) is 39.5 Å². The van der Waals surface area contributed by atoms with Crippen LogP contribution in [0.25, 0.3) is 0 Å². The molecule has 3 aliphatic carbocycles. The molecular formula is C11H20NO3P. The van der Waals surface area contributed by atoms with Crippen molar-refractivity contribution in [3.63, 3.8) is 0 Å². The second-order valence-electron chi connectivity index (χ2n) is 5.47. The number of hydrogen-bond donors (Lipinski definition) is 1. The highest BCUT2D eigenvalue weighted by atomic mass is 31.2. The molecule has 5 heteroatoms. The van der Waals surface area contributed by atoms with Gasteiger partial charge in [0.25, 0.3) is 0 Å². The van der Waals surface area contributed by atoms with Gasteiger partial charge in [0, 0.05) is 5.41 Å². The van der Waals surface area contributed by atoms with Gasteiger partial charge in [-0.1, -0.05) is 0 Å². The third-order valence-electron chi connectivity index (χ3n) is 4.75. The van der Waals surface area contributed by atoms with Gasteiger partial charge in [-0.25, -0.2) is 0 Å². The van der Waals surface area contributed by atoms with Gasteiger partial charge in [0.05, 0.1) is 13.2 Å². The molecule has 0 bridgehead atoms. The van der Waals surface area contributed by atoms with E-state index in [9.17, 15) is 4.57 Å². The maximum atomic E-state index is 12.7. The first-order valence-electron chi connectivity index (χ1n) is 6.17. The van der Waals surface area contributed by atoms with Crippen LogP contribution in [0, 0.1) is 10.8 Å². The van der Waals surface area contributed by atoms with Gasteiger partial charge >= 0.3 is 7.60 Å². The van der Waals surface area contributed by atoms with Gasteiger partial charge in [-0.3, -0.25) is 4.57 Å². The highest BCUT2D eigenvalue weighted by Gasteiger charge is 2.94. The Morgan fingerprint density at radius 1 is 1.19 bits per heavy atom. The normalized spacial score (nSPS) is 42.7. The number of fused-ring (bicyclic) bond motifs is 1. The van der Waals surface area contributed by atoms with Crippen LogP contribution in [0.5, 0.6) is 0 Å². The monoisotopic (exact) mass is 245 g/mol. The zero-order chi connectivity index (χ0) is 11.7. The van der Waals surface area contributed by atoms with Crippen LogP contribution in [0.4, 0.5) is 0 Å². The first-order chi connectivity index (χ1) is 7.49. The van der Waals surface area contributed by atoms with E-state index in [1.54, 1.807) is 0 Å². The lowest BCUT2D eigenvalue weighted by Gasteiger charge is -2.24. The first kappa shape index (κ1) is 11.2. The van der Waals surface area contributed by atoms with Crippen molar-refractivity contribution in [1.82, 2.24) is 0 Å². The molecule has 3 fully saturated rings. The van der Waals surface area contributed by atoms with E-state index in [4.69, 9.17) is 14.8 Å². The van der Waals surface area contributed by atoms with Crippen LogP contribution in [0.2, 0.25) is 0 Å². The van der Waals surface area contributed by atoms with Crippen LogP contribution in [0.3, 0.4) is 0 Å². The topological polar surface area (TPSA) is 61.5 Å². The van der Waals surface area contributed by atoms with Crippen LogP contribution in [-0.4, -0.2) is 18.5 Å². The maximum Gasteiger partial charge on any atom is 0.350 e. The average Bonchev–Trinajstić information content (AvgIpc) is 3.11. The summed E-state index contributed by atoms with van der Waals surface area (Å²) in [4.78, 5) is 0. The standard InChI is InChI=1S/C11H20NO3P/c1-3-14-16(13,15-4-2)11(12)8-10(11)7-9(10)5-6-9/h3-8,12H2,1-2H3. The summed E-state index contributed by atoms with van der Waals surface area (Å²) in [5.74, 6) is 0. The highest BCUT2D eigenvalue weighted by Crippen LogP contribution is 2.98. The molecule has 0 aliphatic heterocycles. The van der Waals surface area contributed by atoms with Crippen molar-refractivity contribution in [3.05, 3.63) is 0 Å². The first-order valence-corrected chi connectivity index (χ1v) is 7.72. The van der Waals surface area contributed by atoms with Gasteiger partial charge in [0.2, 0.25) is 0 Å². The zero-order valence-electron chi connectivity index (χ0n) is 9.99. The number of nitrogens with two attached hydrogens (primary N) is 1. The molecule has 0 aromatic carbocycles. The molecule has 3 aliphatic rings. The Labute approximate surface area is 96.4 Å². The van der Waals surface area contributed by atoms with E-state index >= 15 is 0 Å². The second-order valence-corrected chi connectivity index (χ2v) is 7.78. The van der Waals surface area contributed by atoms with Crippen LogP contribution < -0.4 is 5.73 Å². The minimum atomic E-state index is -3.11. The molecule has 0 heterocycles. The minimum absolute atomic E-state index is 0.111. The number of hydrogen-bond acceptors (Lipinski definition) is 4. The van der Waals surface area contributed by atoms with Crippen molar-refractivity contribution < 1.29 is 13.6 Å². The van der Waals surface area contributed by atoms with Crippen molar-refractivity contribution >= 4 is 7.60 Å². The molecule has 0 aromatic rings. The molecule has 16 heavy (non-hydrogen) atoms. The van der Waals surface area contributed by atoms with E-state index in [0.717, 1.165) is 12.8 Å². The van der Waals surface area contributed by atoms with Gasteiger partial charge in [0.1, 0.15) is 5.28 Å². The molecule has 92 valence electrons. The van der Waals surface area contributed by atoms with Crippen molar-refractivity contribution in [2.24, 2.45) is 16.6 Å². The molecular weight excluding hydrogens is 225 g/mol. The Hall–Kier alpha value is 0.110. The summed E-state index contributed by atoms with van der Waals surface area (Å²) in [5.41, 5.74) is 6.89. The molecule has 3 saturated carbocycles. The van der Waals surface area contributed by atoms with Crippen molar-refractivity contribution in [2.75, 3.05) is 13.2 Å². The zero-order valence-corrected chi connectivity index (χ0v) is 10.9. The lowest BCUT2D eigenvalue weighted by Crippen LogP contribution is -2.29. The summed E-state index contributed by atoms with van der Waals surface area (Å²) in [7, 11) is -3.11. The Morgan fingerprint density at radius 3 is 2.12 bits per heavy atom. The minimum Gasteiger partial charge on any atom is -0.315 e. The molecule has 0 radical (unpaired) electrons. The average molecular weight is 245 g/mol. The molecule has 2 N–H and O–H groups in total. The molecule has 0 amide bonds. The fourth-order valence-electron chi connectivity index (χ4n) is 3.58. The molecule has 2 unspecified atom stereocenters. The van der Waals surface area contributed by atoms with Gasteiger partial charge in [-0.05, 0) is 44.9 Å². The second kappa shape index (κ2) is 2.92. The summed E-state index contributed by atoms with van der Waals surface area (Å²) in [6.45, 7) is 4.48. The Bertz CT molecular complexity index is 371. The maximum absolute atomic E-state index is 12.7. The highest BCUT2D eigenvalue weighted by molar-refractivity contribution is 7.56. The van der Waals surface area contributed by atoms with Gasteiger partial charge < -0.3 is 14.8 Å². The Morgan fingerprint density at radius 2 is 1.75 bits per heavy atom. The van der Waals surface area contributed by atoms with E-state index in [1.165, 1.54) is 12.8 Å². The molecule has 2 atom stereocenters. The Balaban J connectivity index is 1.83. The predicted octanol–water partition coefficient (Wildman–Crippen LogP) is 2.48. The molecule has 3 rings (SSSR count). The van der Waals surface area contributed by atoms with Crippen LogP contribution >= 0.6 is 7.60 Å².